The van der Waals surface area contributed by atoms with Crippen LogP contribution in [0.4, 0.5) is 5.69 Å². The maximum Gasteiger partial charge on any atom is 0.224 e. The first-order valence-electron chi connectivity index (χ1n) is 6.97. The van der Waals surface area contributed by atoms with Crippen LogP contribution in [0.2, 0.25) is 0 Å². The molecule has 0 unspecified atom stereocenters. The van der Waals surface area contributed by atoms with Crippen LogP contribution < -0.4 is 15.8 Å². The van der Waals surface area contributed by atoms with E-state index in [0.717, 1.165) is 18.6 Å². The Balaban J connectivity index is 1.85. The molecule has 1 amide bonds. The largest absolute Gasteiger partial charge is 0.439 e. The van der Waals surface area contributed by atoms with Crippen LogP contribution in [-0.2, 0) is 4.79 Å². The monoisotopic (exact) mass is 285 g/mol. The van der Waals surface area contributed by atoms with Crippen LogP contribution in [0.15, 0.2) is 48.7 Å². The molecular formula is C16H19N3O2. The number of carbonyl (C=O) groups excluding carboxylic acids is 1. The molecule has 0 aliphatic carbocycles. The summed E-state index contributed by atoms with van der Waals surface area (Å²) in [6.07, 6.45) is 3.71. The summed E-state index contributed by atoms with van der Waals surface area (Å²) in [5.41, 5.74) is 6.05. The number of amides is 1. The third-order valence-electron chi connectivity index (χ3n) is 2.84. The predicted molar refractivity (Wildman–Crippen MR) is 82.3 cm³/mol. The molecule has 0 aliphatic heterocycles. The fraction of sp³-hybridized carbons (Fsp3) is 0.250. The molecule has 0 bridgehead atoms. The van der Waals surface area contributed by atoms with Crippen LogP contribution in [0.3, 0.4) is 0 Å². The van der Waals surface area contributed by atoms with Crippen LogP contribution in [0.1, 0.15) is 19.3 Å². The van der Waals surface area contributed by atoms with E-state index in [1.807, 2.05) is 30.3 Å². The van der Waals surface area contributed by atoms with E-state index in [1.165, 1.54) is 0 Å². The van der Waals surface area contributed by atoms with Gasteiger partial charge in [-0.2, -0.15) is 0 Å². The summed E-state index contributed by atoms with van der Waals surface area (Å²) < 4.78 is 5.58. The number of nitrogens with zero attached hydrogens (tertiary/aromatic N) is 1. The molecule has 0 saturated carbocycles. The predicted octanol–water partition coefficient (Wildman–Crippen LogP) is 2.94. The second-order valence-electron chi connectivity index (χ2n) is 4.59. The van der Waals surface area contributed by atoms with Crippen LogP contribution in [0.25, 0.3) is 0 Å². The van der Waals surface area contributed by atoms with Gasteiger partial charge in [0, 0.05) is 12.5 Å². The maximum absolute atomic E-state index is 11.7. The van der Waals surface area contributed by atoms with Gasteiger partial charge in [0.2, 0.25) is 11.8 Å². The SMILES string of the molecule is NCCCCC(=O)Nc1ccc(Oc2ccccc2)nc1. The highest BCUT2D eigenvalue weighted by Gasteiger charge is 2.03. The number of ether oxygens (including phenoxy) is 1. The molecule has 0 radical (unpaired) electrons. The third kappa shape index (κ3) is 5.24. The second-order valence-corrected chi connectivity index (χ2v) is 4.59. The summed E-state index contributed by atoms with van der Waals surface area (Å²) in [7, 11) is 0. The number of pyridine rings is 1. The maximum atomic E-state index is 11.7. The van der Waals surface area contributed by atoms with Crippen molar-refractivity contribution in [2.24, 2.45) is 5.73 Å². The van der Waals surface area contributed by atoms with Gasteiger partial charge >= 0.3 is 0 Å². The van der Waals surface area contributed by atoms with Crippen LogP contribution in [0.5, 0.6) is 11.6 Å². The van der Waals surface area contributed by atoms with Gasteiger partial charge in [0.25, 0.3) is 0 Å². The summed E-state index contributed by atoms with van der Waals surface area (Å²) in [5.74, 6) is 1.19. The van der Waals surface area contributed by atoms with E-state index < -0.39 is 0 Å². The topological polar surface area (TPSA) is 77.2 Å². The van der Waals surface area contributed by atoms with E-state index >= 15 is 0 Å². The minimum absolute atomic E-state index is 0.0259. The molecule has 0 spiro atoms. The number of para-hydroxylation sites is 1. The molecule has 1 aromatic heterocycles. The van der Waals surface area contributed by atoms with Gasteiger partial charge in [0.1, 0.15) is 5.75 Å². The van der Waals surface area contributed by atoms with Gasteiger partial charge in [0.15, 0.2) is 0 Å². The van der Waals surface area contributed by atoms with Crippen molar-refractivity contribution >= 4 is 11.6 Å². The Bertz CT molecular complexity index is 555. The average Bonchev–Trinajstić information content (AvgIpc) is 2.51. The van der Waals surface area contributed by atoms with E-state index in [2.05, 4.69) is 10.3 Å². The quantitative estimate of drug-likeness (QED) is 0.767. The number of unbranched alkanes of at least 4 members (excludes halogenated alkanes) is 1. The van der Waals surface area contributed by atoms with Gasteiger partial charge in [-0.25, -0.2) is 4.98 Å². The van der Waals surface area contributed by atoms with Gasteiger partial charge in [-0.1, -0.05) is 18.2 Å². The van der Waals surface area contributed by atoms with Crippen LogP contribution in [0, 0.1) is 0 Å². The van der Waals surface area contributed by atoms with Gasteiger partial charge in [0.05, 0.1) is 11.9 Å². The molecule has 0 aliphatic rings. The number of hydrogen-bond donors (Lipinski definition) is 2. The highest BCUT2D eigenvalue weighted by atomic mass is 16.5. The molecule has 0 atom stereocenters. The molecule has 5 nitrogen and oxygen atoms in total. The van der Waals surface area contributed by atoms with Crippen LogP contribution >= 0.6 is 0 Å². The molecule has 21 heavy (non-hydrogen) atoms. The van der Waals surface area contributed by atoms with Gasteiger partial charge in [-0.3, -0.25) is 4.79 Å². The fourth-order valence-corrected chi connectivity index (χ4v) is 1.78. The van der Waals surface area contributed by atoms with E-state index in [4.69, 9.17) is 10.5 Å². The Labute approximate surface area is 124 Å². The number of carbonyl (C=O) groups is 1. The molecule has 0 fully saturated rings. The zero-order valence-electron chi connectivity index (χ0n) is 11.8. The highest BCUT2D eigenvalue weighted by molar-refractivity contribution is 5.90. The first kappa shape index (κ1) is 15.0. The Morgan fingerprint density at radius 2 is 1.95 bits per heavy atom. The van der Waals surface area contributed by atoms with Crippen molar-refractivity contribution < 1.29 is 9.53 Å². The second kappa shape index (κ2) is 8.01. The van der Waals surface area contributed by atoms with Gasteiger partial charge < -0.3 is 15.8 Å². The zero-order valence-corrected chi connectivity index (χ0v) is 11.8. The Kier molecular flexibility index (Phi) is 5.72. The minimum Gasteiger partial charge on any atom is -0.439 e. The Morgan fingerprint density at radius 3 is 2.62 bits per heavy atom. The Hall–Kier alpha value is -2.40. The summed E-state index contributed by atoms with van der Waals surface area (Å²) in [6, 6.07) is 12.9. The summed E-state index contributed by atoms with van der Waals surface area (Å²) >= 11 is 0. The van der Waals surface area contributed by atoms with E-state index in [0.29, 0.717) is 24.5 Å². The van der Waals surface area contributed by atoms with Crippen molar-refractivity contribution in [1.82, 2.24) is 4.98 Å². The number of aromatic nitrogens is 1. The standard InChI is InChI=1S/C16H19N3O2/c17-11-5-4-8-15(20)19-13-9-10-16(18-12-13)21-14-6-2-1-3-7-14/h1-3,6-7,9-10,12H,4-5,8,11,17H2,(H,19,20). The minimum atomic E-state index is -0.0259. The highest BCUT2D eigenvalue weighted by Crippen LogP contribution is 2.19. The number of nitrogens with one attached hydrogen (secondary N) is 1. The molecule has 110 valence electrons. The number of anilines is 1. The van der Waals surface area contributed by atoms with Crippen molar-refractivity contribution in [3.05, 3.63) is 48.7 Å². The molecule has 1 aromatic carbocycles. The first-order valence-corrected chi connectivity index (χ1v) is 6.97. The summed E-state index contributed by atoms with van der Waals surface area (Å²) in [5, 5.41) is 2.79. The normalized spacial score (nSPS) is 10.1. The first-order chi connectivity index (χ1) is 10.3. The zero-order chi connectivity index (χ0) is 14.9. The van der Waals surface area contributed by atoms with E-state index in [-0.39, 0.29) is 5.91 Å². The van der Waals surface area contributed by atoms with Crippen molar-refractivity contribution in [3.8, 4) is 11.6 Å². The number of rotatable bonds is 7. The van der Waals surface area contributed by atoms with Crippen molar-refractivity contribution in [1.29, 1.82) is 0 Å². The number of benzene rings is 1. The summed E-state index contributed by atoms with van der Waals surface area (Å²) in [4.78, 5) is 15.8. The van der Waals surface area contributed by atoms with E-state index in [1.54, 1.807) is 18.3 Å². The number of nitrogens with two attached hydrogens (primary N) is 1. The van der Waals surface area contributed by atoms with Gasteiger partial charge in [-0.15, -0.1) is 0 Å². The smallest absolute Gasteiger partial charge is 0.224 e. The molecule has 2 aromatic rings. The molecule has 2 rings (SSSR count). The van der Waals surface area contributed by atoms with E-state index in [9.17, 15) is 4.79 Å². The lowest BCUT2D eigenvalue weighted by atomic mass is 10.2. The van der Waals surface area contributed by atoms with Crippen LogP contribution in [-0.4, -0.2) is 17.4 Å². The third-order valence-corrected chi connectivity index (χ3v) is 2.84. The average molecular weight is 285 g/mol. The van der Waals surface area contributed by atoms with Crippen molar-refractivity contribution in [2.75, 3.05) is 11.9 Å². The lowest BCUT2D eigenvalue weighted by molar-refractivity contribution is -0.116. The van der Waals surface area contributed by atoms with Crippen molar-refractivity contribution in [3.63, 3.8) is 0 Å². The molecular weight excluding hydrogens is 266 g/mol. The lowest BCUT2D eigenvalue weighted by Gasteiger charge is -2.07. The molecule has 1 heterocycles. The Morgan fingerprint density at radius 1 is 1.14 bits per heavy atom. The van der Waals surface area contributed by atoms with Crippen molar-refractivity contribution in [2.45, 2.75) is 19.3 Å². The molecule has 0 saturated heterocycles. The fourth-order valence-electron chi connectivity index (χ4n) is 1.78. The van der Waals surface area contributed by atoms with Gasteiger partial charge in [-0.05, 0) is 37.6 Å². The number of hydrogen-bond acceptors (Lipinski definition) is 4. The molecule has 3 N–H and O–H groups in total. The lowest BCUT2D eigenvalue weighted by Crippen LogP contribution is -2.12. The molecule has 5 heteroatoms. The summed E-state index contributed by atoms with van der Waals surface area (Å²) in [6.45, 7) is 0.611.